The minimum absolute atomic E-state index is 0.271. The van der Waals surface area contributed by atoms with E-state index in [9.17, 15) is 0 Å². The molecule has 2 aliphatic rings. The quantitative estimate of drug-likeness (QED) is 0.640. The van der Waals surface area contributed by atoms with Crippen molar-refractivity contribution in [1.82, 2.24) is 0 Å². The number of hydrogen-bond acceptors (Lipinski definition) is 2. The second-order valence-electron chi connectivity index (χ2n) is 4.22. The summed E-state index contributed by atoms with van der Waals surface area (Å²) in [5.41, 5.74) is 0. The summed E-state index contributed by atoms with van der Waals surface area (Å²) in [6.07, 6.45) is 2.61. The molecule has 2 fully saturated rings. The van der Waals surface area contributed by atoms with Gasteiger partial charge in [0.2, 0.25) is 0 Å². The Labute approximate surface area is 95.6 Å². The Kier molecular flexibility index (Phi) is 2.78. The van der Waals surface area contributed by atoms with E-state index >= 15 is 0 Å². The predicted molar refractivity (Wildman–Crippen MR) is 58.5 cm³/mol. The second-order valence-corrected chi connectivity index (χ2v) is 6.57. The Bertz CT molecular complexity index is 188. The summed E-state index contributed by atoms with van der Waals surface area (Å²) in [4.78, 5) is 1.01. The van der Waals surface area contributed by atoms with Gasteiger partial charge in [-0.05, 0) is 26.7 Å². The monoisotopic (exact) mass is 312 g/mol. The third-order valence-corrected chi connectivity index (χ3v) is 5.33. The molecule has 0 radical (unpaired) electrons. The van der Waals surface area contributed by atoms with Crippen molar-refractivity contribution in [1.29, 1.82) is 0 Å². The van der Waals surface area contributed by atoms with Crippen molar-refractivity contribution in [3.63, 3.8) is 0 Å². The Morgan fingerprint density at radius 1 is 1.00 bits per heavy atom. The lowest BCUT2D eigenvalue weighted by Crippen LogP contribution is -2.37. The fourth-order valence-corrected chi connectivity index (χ4v) is 3.22. The van der Waals surface area contributed by atoms with E-state index in [4.69, 9.17) is 9.47 Å². The summed E-state index contributed by atoms with van der Waals surface area (Å²) in [5.74, 6) is -0.390. The molecule has 1 saturated heterocycles. The summed E-state index contributed by atoms with van der Waals surface area (Å²) < 4.78 is 11.6. The molecule has 0 aromatic heterocycles. The maximum absolute atomic E-state index is 5.80. The first-order valence-corrected chi connectivity index (χ1v) is 6.45. The summed E-state index contributed by atoms with van der Waals surface area (Å²) in [7, 11) is 0. The van der Waals surface area contributed by atoms with Crippen LogP contribution >= 0.6 is 31.9 Å². The Morgan fingerprint density at radius 2 is 1.38 bits per heavy atom. The highest BCUT2D eigenvalue weighted by molar-refractivity contribution is 9.12. The molecule has 0 N–H and O–H groups in total. The Hall–Kier alpha value is 0.880. The van der Waals surface area contributed by atoms with Crippen LogP contribution in [0.15, 0.2) is 0 Å². The van der Waals surface area contributed by atoms with Gasteiger partial charge in [0.25, 0.3) is 0 Å². The number of alkyl halides is 2. The van der Waals surface area contributed by atoms with E-state index in [0.29, 0.717) is 9.65 Å². The molecule has 4 atom stereocenters. The van der Waals surface area contributed by atoms with E-state index < -0.39 is 0 Å². The van der Waals surface area contributed by atoms with Crippen molar-refractivity contribution < 1.29 is 9.47 Å². The van der Waals surface area contributed by atoms with Crippen LogP contribution < -0.4 is 0 Å². The van der Waals surface area contributed by atoms with Gasteiger partial charge >= 0.3 is 0 Å². The first-order chi connectivity index (χ1) is 5.98. The van der Waals surface area contributed by atoms with Crippen LogP contribution in [-0.4, -0.2) is 27.6 Å². The summed E-state index contributed by atoms with van der Waals surface area (Å²) in [6.45, 7) is 3.97. The minimum Gasteiger partial charge on any atom is -0.345 e. The van der Waals surface area contributed by atoms with Crippen LogP contribution in [0.4, 0.5) is 0 Å². The van der Waals surface area contributed by atoms with Crippen LogP contribution in [0.1, 0.15) is 26.7 Å². The third kappa shape index (κ3) is 2.11. The molecule has 0 spiro atoms. The molecule has 1 heterocycles. The maximum atomic E-state index is 5.80. The molecule has 0 aromatic carbocycles. The van der Waals surface area contributed by atoms with Gasteiger partial charge in [0.15, 0.2) is 5.79 Å². The van der Waals surface area contributed by atoms with Crippen molar-refractivity contribution in [3.05, 3.63) is 0 Å². The Morgan fingerprint density at radius 3 is 1.77 bits per heavy atom. The predicted octanol–water partition coefficient (Wildman–Crippen LogP) is 2.83. The second kappa shape index (κ2) is 3.47. The van der Waals surface area contributed by atoms with Crippen molar-refractivity contribution in [2.75, 3.05) is 0 Å². The zero-order chi connectivity index (χ0) is 9.64. The van der Waals surface area contributed by atoms with E-state index in [2.05, 4.69) is 31.9 Å². The first kappa shape index (κ1) is 10.4. The van der Waals surface area contributed by atoms with E-state index in [1.165, 1.54) is 0 Å². The molecular formula is C9H14Br2O2. The van der Waals surface area contributed by atoms with Crippen molar-refractivity contribution >= 4 is 31.9 Å². The van der Waals surface area contributed by atoms with Gasteiger partial charge in [-0.25, -0.2) is 0 Å². The highest BCUT2D eigenvalue weighted by Crippen LogP contribution is 2.40. The molecule has 13 heavy (non-hydrogen) atoms. The average molecular weight is 314 g/mol. The molecule has 0 aromatic rings. The number of rotatable bonds is 0. The normalized spacial score (nSPS) is 48.9. The highest BCUT2D eigenvalue weighted by atomic mass is 79.9. The van der Waals surface area contributed by atoms with Crippen LogP contribution in [0.5, 0.6) is 0 Å². The van der Waals surface area contributed by atoms with E-state index in [1.54, 1.807) is 0 Å². The van der Waals surface area contributed by atoms with Gasteiger partial charge in [0, 0.05) is 9.65 Å². The minimum atomic E-state index is -0.390. The molecule has 0 bridgehead atoms. The van der Waals surface area contributed by atoms with Gasteiger partial charge in [-0.3, -0.25) is 0 Å². The van der Waals surface area contributed by atoms with Crippen molar-refractivity contribution in [3.8, 4) is 0 Å². The van der Waals surface area contributed by atoms with Gasteiger partial charge in [-0.1, -0.05) is 31.9 Å². The topological polar surface area (TPSA) is 18.5 Å². The number of fused-ring (bicyclic) bond motifs is 1. The van der Waals surface area contributed by atoms with E-state index in [1.807, 2.05) is 13.8 Å². The van der Waals surface area contributed by atoms with Gasteiger partial charge in [0.05, 0.1) is 12.2 Å². The molecule has 2 rings (SSSR count). The lowest BCUT2D eigenvalue weighted by molar-refractivity contribution is -0.145. The summed E-state index contributed by atoms with van der Waals surface area (Å²) in [5, 5.41) is 0. The average Bonchev–Trinajstić information content (AvgIpc) is 2.24. The molecule has 4 unspecified atom stereocenters. The lowest BCUT2D eigenvalue weighted by Gasteiger charge is -2.30. The molecular weight excluding hydrogens is 300 g/mol. The van der Waals surface area contributed by atoms with Crippen LogP contribution in [-0.2, 0) is 9.47 Å². The SMILES string of the molecule is CC1(C)OC2CC(Br)C(Br)CC2O1. The van der Waals surface area contributed by atoms with Gasteiger partial charge in [0.1, 0.15) is 0 Å². The smallest absolute Gasteiger partial charge is 0.163 e. The lowest BCUT2D eigenvalue weighted by atomic mass is 9.95. The summed E-state index contributed by atoms with van der Waals surface area (Å²) >= 11 is 7.29. The van der Waals surface area contributed by atoms with Gasteiger partial charge in [-0.2, -0.15) is 0 Å². The molecule has 0 amide bonds. The zero-order valence-electron chi connectivity index (χ0n) is 7.80. The van der Waals surface area contributed by atoms with Crippen LogP contribution in [0, 0.1) is 0 Å². The standard InChI is InChI=1S/C9H14Br2O2/c1-9(2)12-7-3-5(10)6(11)4-8(7)13-9/h5-8H,3-4H2,1-2H3. The van der Waals surface area contributed by atoms with Gasteiger partial charge < -0.3 is 9.47 Å². The van der Waals surface area contributed by atoms with Crippen molar-refractivity contribution in [2.24, 2.45) is 0 Å². The molecule has 1 aliphatic heterocycles. The molecule has 1 aliphatic carbocycles. The molecule has 1 saturated carbocycles. The first-order valence-electron chi connectivity index (χ1n) is 4.62. The zero-order valence-corrected chi connectivity index (χ0v) is 11.0. The fourth-order valence-electron chi connectivity index (χ4n) is 2.05. The molecule has 4 heteroatoms. The van der Waals surface area contributed by atoms with Crippen molar-refractivity contribution in [2.45, 2.75) is 54.3 Å². The van der Waals surface area contributed by atoms with Crippen LogP contribution in [0.25, 0.3) is 0 Å². The van der Waals surface area contributed by atoms with E-state index in [0.717, 1.165) is 12.8 Å². The van der Waals surface area contributed by atoms with Crippen LogP contribution in [0.3, 0.4) is 0 Å². The number of hydrogen-bond donors (Lipinski definition) is 0. The number of halogens is 2. The van der Waals surface area contributed by atoms with Crippen LogP contribution in [0.2, 0.25) is 0 Å². The molecule has 2 nitrogen and oxygen atoms in total. The third-order valence-electron chi connectivity index (χ3n) is 2.59. The summed E-state index contributed by atoms with van der Waals surface area (Å²) in [6, 6.07) is 0. The fraction of sp³-hybridized carbons (Fsp3) is 1.00. The Balaban J connectivity index is 2.05. The maximum Gasteiger partial charge on any atom is 0.163 e. The van der Waals surface area contributed by atoms with Gasteiger partial charge in [-0.15, -0.1) is 0 Å². The number of ether oxygens (including phenoxy) is 2. The largest absolute Gasteiger partial charge is 0.345 e. The van der Waals surface area contributed by atoms with E-state index in [-0.39, 0.29) is 18.0 Å². The highest BCUT2D eigenvalue weighted by Gasteiger charge is 2.46. The molecule has 76 valence electrons.